The van der Waals surface area contributed by atoms with E-state index >= 15 is 0 Å². The number of pyridine rings is 1. The van der Waals surface area contributed by atoms with Crippen LogP contribution in [0.3, 0.4) is 0 Å². The molecule has 0 spiro atoms. The molecule has 2 unspecified atom stereocenters. The summed E-state index contributed by atoms with van der Waals surface area (Å²) in [6, 6.07) is 1.87. The zero-order chi connectivity index (χ0) is 13.1. The summed E-state index contributed by atoms with van der Waals surface area (Å²) < 4.78 is 0.104. The summed E-state index contributed by atoms with van der Waals surface area (Å²) in [6.07, 6.45) is 9.04. The van der Waals surface area contributed by atoms with E-state index in [0.29, 0.717) is 17.2 Å². The highest BCUT2D eigenvalue weighted by atomic mass is 127. The van der Waals surface area contributed by atoms with Crippen LogP contribution in [0.25, 0.3) is 0 Å². The van der Waals surface area contributed by atoms with Crippen molar-refractivity contribution in [2.45, 2.75) is 36.0 Å². The first-order chi connectivity index (χ1) is 8.61. The molecule has 1 aromatic heterocycles. The molecule has 1 aromatic rings. The van der Waals surface area contributed by atoms with E-state index in [1.165, 1.54) is 0 Å². The van der Waals surface area contributed by atoms with E-state index in [2.05, 4.69) is 39.7 Å². The molecule has 0 bridgehead atoms. The Morgan fingerprint density at radius 1 is 1.56 bits per heavy atom. The quantitative estimate of drug-likeness (QED) is 0.503. The van der Waals surface area contributed by atoms with Crippen LogP contribution in [0.5, 0.6) is 0 Å². The van der Waals surface area contributed by atoms with E-state index in [9.17, 15) is 9.90 Å². The normalized spacial score (nSPS) is 20.7. The molecule has 2 rings (SSSR count). The number of carboxylic acid groups (broad SMARTS) is 1. The molecule has 1 heterocycles. The van der Waals surface area contributed by atoms with Crippen molar-refractivity contribution >= 4 is 28.6 Å². The average molecular weight is 357 g/mol. The van der Waals surface area contributed by atoms with Gasteiger partial charge in [-0.25, -0.2) is 4.79 Å². The van der Waals surface area contributed by atoms with E-state index in [0.717, 1.165) is 24.8 Å². The summed E-state index contributed by atoms with van der Waals surface area (Å²) in [4.78, 5) is 15.8. The average Bonchev–Trinajstić information content (AvgIpc) is 2.38. The van der Waals surface area contributed by atoms with Crippen LogP contribution in [0.1, 0.15) is 57.6 Å². The Balaban J connectivity index is 2.49. The number of hydrogen-bond acceptors (Lipinski definition) is 2. The predicted octanol–water partition coefficient (Wildman–Crippen LogP) is 4.10. The standard InChI is InChI=1S/C14H16INO2/c1-9(15)13-12(14(17)18)11(7-8-16-13)10-5-3-2-4-6-10/h2-3,7-10H,4-6H2,1H3,(H,17,18). The molecular weight excluding hydrogens is 341 g/mol. The zero-order valence-electron chi connectivity index (χ0n) is 10.3. The SMILES string of the molecule is CC(I)c1nccc(C2CC=CCC2)c1C(=O)O. The summed E-state index contributed by atoms with van der Waals surface area (Å²) in [6.45, 7) is 1.97. The Morgan fingerprint density at radius 2 is 2.33 bits per heavy atom. The molecule has 0 aliphatic heterocycles. The van der Waals surface area contributed by atoms with Gasteiger partial charge in [-0.2, -0.15) is 0 Å². The van der Waals surface area contributed by atoms with Gasteiger partial charge in [-0.05, 0) is 43.7 Å². The Bertz CT molecular complexity index is 483. The lowest BCUT2D eigenvalue weighted by molar-refractivity contribution is 0.0693. The maximum absolute atomic E-state index is 11.5. The minimum absolute atomic E-state index is 0.104. The predicted molar refractivity (Wildman–Crippen MR) is 79.4 cm³/mol. The van der Waals surface area contributed by atoms with Crippen LogP contribution in [0, 0.1) is 0 Å². The fourth-order valence-electron chi connectivity index (χ4n) is 2.44. The number of rotatable bonds is 3. The second-order valence-corrected chi connectivity index (χ2v) is 6.43. The highest BCUT2D eigenvalue weighted by Gasteiger charge is 2.24. The van der Waals surface area contributed by atoms with E-state index in [-0.39, 0.29) is 3.92 Å². The minimum Gasteiger partial charge on any atom is -0.478 e. The maximum atomic E-state index is 11.5. The van der Waals surface area contributed by atoms with Crippen LogP contribution < -0.4 is 0 Å². The summed E-state index contributed by atoms with van der Waals surface area (Å²) in [5.74, 6) is -0.538. The molecule has 3 nitrogen and oxygen atoms in total. The first-order valence-corrected chi connectivity index (χ1v) is 7.37. The van der Waals surface area contributed by atoms with Crippen molar-refractivity contribution < 1.29 is 9.90 Å². The van der Waals surface area contributed by atoms with Gasteiger partial charge in [0.1, 0.15) is 0 Å². The highest BCUT2D eigenvalue weighted by molar-refractivity contribution is 14.1. The smallest absolute Gasteiger partial charge is 0.337 e. The highest BCUT2D eigenvalue weighted by Crippen LogP contribution is 2.34. The topological polar surface area (TPSA) is 50.2 Å². The monoisotopic (exact) mass is 357 g/mol. The number of alkyl halides is 1. The van der Waals surface area contributed by atoms with Crippen LogP contribution in [-0.4, -0.2) is 16.1 Å². The van der Waals surface area contributed by atoms with Gasteiger partial charge in [0.25, 0.3) is 0 Å². The third-order valence-corrected chi connectivity index (χ3v) is 3.90. The fourth-order valence-corrected chi connectivity index (χ4v) is 2.92. The summed E-state index contributed by atoms with van der Waals surface area (Å²) in [7, 11) is 0. The molecule has 1 N–H and O–H groups in total. The molecule has 1 aliphatic carbocycles. The second-order valence-electron chi connectivity index (χ2n) is 4.56. The van der Waals surface area contributed by atoms with Crippen LogP contribution in [0.2, 0.25) is 0 Å². The second kappa shape index (κ2) is 5.82. The number of aromatic carboxylic acids is 1. The van der Waals surface area contributed by atoms with Gasteiger partial charge < -0.3 is 5.11 Å². The van der Waals surface area contributed by atoms with Gasteiger partial charge in [0, 0.05) is 6.20 Å². The number of carboxylic acids is 1. The van der Waals surface area contributed by atoms with Crippen LogP contribution in [-0.2, 0) is 0 Å². The number of nitrogens with zero attached hydrogens (tertiary/aromatic N) is 1. The molecule has 0 saturated carbocycles. The number of allylic oxidation sites excluding steroid dienone is 2. The third kappa shape index (κ3) is 2.74. The van der Waals surface area contributed by atoms with Gasteiger partial charge in [0.2, 0.25) is 0 Å². The summed E-state index contributed by atoms with van der Waals surface area (Å²) in [5.41, 5.74) is 2.05. The molecule has 0 saturated heterocycles. The van der Waals surface area contributed by atoms with E-state index < -0.39 is 5.97 Å². The largest absolute Gasteiger partial charge is 0.478 e. The Hall–Kier alpha value is -0.910. The minimum atomic E-state index is -0.855. The maximum Gasteiger partial charge on any atom is 0.337 e. The van der Waals surface area contributed by atoms with Gasteiger partial charge in [0.05, 0.1) is 15.2 Å². The molecule has 0 fully saturated rings. The van der Waals surface area contributed by atoms with Gasteiger partial charge in [-0.1, -0.05) is 34.7 Å². The van der Waals surface area contributed by atoms with Crippen molar-refractivity contribution in [1.29, 1.82) is 0 Å². The number of halogens is 1. The lowest BCUT2D eigenvalue weighted by Crippen LogP contribution is -2.13. The van der Waals surface area contributed by atoms with E-state index in [1.807, 2.05) is 13.0 Å². The molecule has 2 atom stereocenters. The molecule has 0 aromatic carbocycles. The van der Waals surface area contributed by atoms with Gasteiger partial charge in [0.15, 0.2) is 0 Å². The van der Waals surface area contributed by atoms with Crippen molar-refractivity contribution in [3.63, 3.8) is 0 Å². The Morgan fingerprint density at radius 3 is 2.89 bits per heavy atom. The first-order valence-electron chi connectivity index (χ1n) is 6.12. The number of hydrogen-bond donors (Lipinski definition) is 1. The number of aromatic nitrogens is 1. The summed E-state index contributed by atoms with van der Waals surface area (Å²) >= 11 is 2.21. The molecular formula is C14H16INO2. The Labute approximate surface area is 120 Å². The van der Waals surface area contributed by atoms with Crippen LogP contribution >= 0.6 is 22.6 Å². The Kier molecular flexibility index (Phi) is 4.37. The fraction of sp³-hybridized carbons (Fsp3) is 0.429. The van der Waals surface area contributed by atoms with E-state index in [4.69, 9.17) is 0 Å². The van der Waals surface area contributed by atoms with Gasteiger partial charge >= 0.3 is 5.97 Å². The van der Waals surface area contributed by atoms with Crippen LogP contribution in [0.15, 0.2) is 24.4 Å². The van der Waals surface area contributed by atoms with Crippen molar-refractivity contribution in [2.24, 2.45) is 0 Å². The lowest BCUT2D eigenvalue weighted by atomic mass is 9.85. The molecule has 96 valence electrons. The number of carbonyl (C=O) groups is 1. The van der Waals surface area contributed by atoms with Crippen molar-refractivity contribution in [3.8, 4) is 0 Å². The van der Waals surface area contributed by atoms with E-state index in [1.54, 1.807) is 6.20 Å². The van der Waals surface area contributed by atoms with Crippen LogP contribution in [0.4, 0.5) is 0 Å². The molecule has 18 heavy (non-hydrogen) atoms. The van der Waals surface area contributed by atoms with Crippen molar-refractivity contribution in [2.75, 3.05) is 0 Å². The first kappa shape index (κ1) is 13.5. The lowest BCUT2D eigenvalue weighted by Gasteiger charge is -2.21. The third-order valence-electron chi connectivity index (χ3n) is 3.31. The molecule has 1 aliphatic rings. The van der Waals surface area contributed by atoms with Crippen molar-refractivity contribution in [1.82, 2.24) is 4.98 Å². The summed E-state index contributed by atoms with van der Waals surface area (Å²) in [5, 5.41) is 9.46. The van der Waals surface area contributed by atoms with Gasteiger partial charge in [-0.15, -0.1) is 0 Å². The molecule has 0 amide bonds. The molecule has 4 heteroatoms. The van der Waals surface area contributed by atoms with Gasteiger partial charge in [-0.3, -0.25) is 4.98 Å². The molecule has 0 radical (unpaired) electrons. The zero-order valence-corrected chi connectivity index (χ0v) is 12.4. The van der Waals surface area contributed by atoms with Crippen molar-refractivity contribution in [3.05, 3.63) is 41.2 Å².